The molecule has 2 heterocycles. The molecule has 3 N–H and O–H groups in total. The van der Waals surface area contributed by atoms with Crippen molar-refractivity contribution in [1.29, 1.82) is 0 Å². The number of nitrogens with one attached hydrogen (secondary N) is 1. The van der Waals surface area contributed by atoms with Crippen molar-refractivity contribution < 1.29 is 4.79 Å². The summed E-state index contributed by atoms with van der Waals surface area (Å²) in [5, 5.41) is 3.62. The zero-order valence-corrected chi connectivity index (χ0v) is 8.54. The molecule has 0 aromatic carbocycles. The van der Waals surface area contributed by atoms with E-state index in [1.807, 2.05) is 0 Å². The Bertz CT molecular complexity index is 352. The Morgan fingerprint density at radius 2 is 2.50 bits per heavy atom. The van der Waals surface area contributed by atoms with Gasteiger partial charge in [-0.05, 0) is 6.42 Å². The number of rotatable bonds is 2. The summed E-state index contributed by atoms with van der Waals surface area (Å²) < 4.78 is 3.82. The number of nitrogen functional groups attached to an aromatic ring is 1. The van der Waals surface area contributed by atoms with E-state index in [-0.39, 0.29) is 17.9 Å². The Hall–Kier alpha value is -1.37. The molecule has 76 valence electrons. The number of hydrogen-bond donors (Lipinski definition) is 2. The Morgan fingerprint density at radius 1 is 1.71 bits per heavy atom. The second-order valence-corrected chi connectivity index (χ2v) is 3.95. The fourth-order valence-corrected chi connectivity index (χ4v) is 1.95. The van der Waals surface area contributed by atoms with Crippen molar-refractivity contribution in [3.05, 3.63) is 0 Å². The van der Waals surface area contributed by atoms with Gasteiger partial charge in [0.2, 0.25) is 17.0 Å². The molecule has 14 heavy (non-hydrogen) atoms. The molecule has 2 rings (SSSR count). The SMILES string of the molecule is CN1CCC(Nc2nc(N)ns2)C1=O. The molecule has 1 saturated heterocycles. The topological polar surface area (TPSA) is 84.1 Å². The van der Waals surface area contributed by atoms with Gasteiger partial charge in [-0.2, -0.15) is 9.36 Å². The summed E-state index contributed by atoms with van der Waals surface area (Å²) in [6.45, 7) is 0.783. The predicted molar refractivity (Wildman–Crippen MR) is 54.0 cm³/mol. The maximum atomic E-state index is 11.5. The number of hydrogen-bond acceptors (Lipinski definition) is 6. The average molecular weight is 213 g/mol. The van der Waals surface area contributed by atoms with E-state index in [2.05, 4.69) is 14.7 Å². The number of nitrogens with zero attached hydrogens (tertiary/aromatic N) is 3. The van der Waals surface area contributed by atoms with Crippen LogP contribution in [0, 0.1) is 0 Å². The van der Waals surface area contributed by atoms with E-state index in [0.717, 1.165) is 13.0 Å². The van der Waals surface area contributed by atoms with E-state index < -0.39 is 0 Å². The first-order valence-electron chi connectivity index (χ1n) is 4.27. The van der Waals surface area contributed by atoms with Crippen molar-refractivity contribution in [3.8, 4) is 0 Å². The molecule has 7 heteroatoms. The molecule has 6 nitrogen and oxygen atoms in total. The zero-order valence-electron chi connectivity index (χ0n) is 7.73. The molecule has 1 aliphatic rings. The van der Waals surface area contributed by atoms with Gasteiger partial charge >= 0.3 is 0 Å². The van der Waals surface area contributed by atoms with Crippen LogP contribution in [-0.2, 0) is 4.79 Å². The number of likely N-dealkylation sites (N-methyl/N-ethyl adjacent to an activating group) is 1. The molecule has 1 fully saturated rings. The van der Waals surface area contributed by atoms with E-state index in [9.17, 15) is 4.79 Å². The Labute approximate surface area is 85.3 Å². The summed E-state index contributed by atoms with van der Waals surface area (Å²) in [5.74, 6) is 0.343. The first kappa shape index (κ1) is 9.20. The molecule has 0 radical (unpaired) electrons. The predicted octanol–water partition coefficient (Wildman–Crippen LogP) is -0.237. The number of anilines is 2. The summed E-state index contributed by atoms with van der Waals surface area (Å²) in [6, 6.07) is -0.174. The maximum absolute atomic E-state index is 11.5. The second kappa shape index (κ2) is 3.41. The Balaban J connectivity index is 2.02. The van der Waals surface area contributed by atoms with E-state index in [0.29, 0.717) is 5.13 Å². The third kappa shape index (κ3) is 1.63. The van der Waals surface area contributed by atoms with Gasteiger partial charge in [0.25, 0.3) is 0 Å². The van der Waals surface area contributed by atoms with Gasteiger partial charge in [-0.15, -0.1) is 0 Å². The van der Waals surface area contributed by atoms with Crippen molar-refractivity contribution >= 4 is 28.5 Å². The standard InChI is InChI=1S/C7H11N5OS/c1-12-3-2-4(5(12)13)9-7-10-6(8)11-14-7/h4H,2-3H2,1H3,(H3,8,9,10,11). The number of carbonyl (C=O) groups excluding carboxylic acids is 1. The normalized spacial score (nSPS) is 21.6. The van der Waals surface area contributed by atoms with Crippen molar-refractivity contribution in [2.75, 3.05) is 24.6 Å². The van der Waals surface area contributed by atoms with Gasteiger partial charge in [0, 0.05) is 25.1 Å². The number of amides is 1. The lowest BCUT2D eigenvalue weighted by Gasteiger charge is -2.10. The van der Waals surface area contributed by atoms with Gasteiger partial charge in [0.15, 0.2) is 0 Å². The highest BCUT2D eigenvalue weighted by Crippen LogP contribution is 2.18. The molecule has 1 aliphatic heterocycles. The summed E-state index contributed by atoms with van der Waals surface area (Å²) in [4.78, 5) is 17.1. The lowest BCUT2D eigenvalue weighted by molar-refractivity contribution is -0.127. The summed E-state index contributed by atoms with van der Waals surface area (Å²) in [6.07, 6.45) is 0.800. The Kier molecular flexibility index (Phi) is 2.24. The zero-order chi connectivity index (χ0) is 10.1. The molecule has 1 aromatic heterocycles. The van der Waals surface area contributed by atoms with Crippen LogP contribution in [0.1, 0.15) is 6.42 Å². The molecule has 1 atom stereocenters. The van der Waals surface area contributed by atoms with Gasteiger partial charge in [0.05, 0.1) is 0 Å². The van der Waals surface area contributed by atoms with Crippen LogP contribution in [0.5, 0.6) is 0 Å². The van der Waals surface area contributed by atoms with Crippen molar-refractivity contribution in [1.82, 2.24) is 14.3 Å². The minimum absolute atomic E-state index is 0.0961. The maximum Gasteiger partial charge on any atom is 0.244 e. The molecule has 0 bridgehead atoms. The number of nitrogens with two attached hydrogens (primary N) is 1. The van der Waals surface area contributed by atoms with E-state index in [1.165, 1.54) is 11.5 Å². The molecule has 1 aromatic rings. The summed E-state index contributed by atoms with van der Waals surface area (Å²) in [7, 11) is 1.79. The highest BCUT2D eigenvalue weighted by Gasteiger charge is 2.29. The summed E-state index contributed by atoms with van der Waals surface area (Å²) in [5.41, 5.74) is 5.37. The van der Waals surface area contributed by atoms with Crippen molar-refractivity contribution in [3.63, 3.8) is 0 Å². The van der Waals surface area contributed by atoms with Crippen LogP contribution < -0.4 is 11.1 Å². The first-order chi connectivity index (χ1) is 6.66. The van der Waals surface area contributed by atoms with Crippen LogP contribution in [0.15, 0.2) is 0 Å². The van der Waals surface area contributed by atoms with Crippen LogP contribution in [0.25, 0.3) is 0 Å². The van der Waals surface area contributed by atoms with Gasteiger partial charge < -0.3 is 16.0 Å². The van der Waals surface area contributed by atoms with Crippen LogP contribution in [-0.4, -0.2) is 39.8 Å². The smallest absolute Gasteiger partial charge is 0.244 e. The molecular formula is C7H11N5OS. The molecule has 1 unspecified atom stereocenters. The largest absolute Gasteiger partial charge is 0.367 e. The molecule has 0 saturated carbocycles. The fourth-order valence-electron chi connectivity index (χ4n) is 1.40. The quantitative estimate of drug-likeness (QED) is 0.708. The van der Waals surface area contributed by atoms with E-state index in [4.69, 9.17) is 5.73 Å². The third-order valence-electron chi connectivity index (χ3n) is 2.17. The van der Waals surface area contributed by atoms with Crippen LogP contribution >= 0.6 is 11.5 Å². The van der Waals surface area contributed by atoms with Gasteiger partial charge in [-0.25, -0.2) is 0 Å². The lowest BCUT2D eigenvalue weighted by atomic mass is 10.2. The summed E-state index contributed by atoms with van der Waals surface area (Å²) >= 11 is 1.17. The van der Waals surface area contributed by atoms with Crippen LogP contribution in [0.3, 0.4) is 0 Å². The van der Waals surface area contributed by atoms with E-state index >= 15 is 0 Å². The minimum Gasteiger partial charge on any atom is -0.367 e. The van der Waals surface area contributed by atoms with Gasteiger partial charge in [0.1, 0.15) is 6.04 Å². The lowest BCUT2D eigenvalue weighted by Crippen LogP contribution is -2.30. The van der Waals surface area contributed by atoms with Crippen LogP contribution in [0.2, 0.25) is 0 Å². The minimum atomic E-state index is -0.174. The van der Waals surface area contributed by atoms with E-state index in [1.54, 1.807) is 11.9 Å². The fraction of sp³-hybridized carbons (Fsp3) is 0.571. The molecule has 0 spiro atoms. The van der Waals surface area contributed by atoms with Gasteiger partial charge in [-0.1, -0.05) is 0 Å². The van der Waals surface area contributed by atoms with Crippen molar-refractivity contribution in [2.45, 2.75) is 12.5 Å². The van der Waals surface area contributed by atoms with Gasteiger partial charge in [-0.3, -0.25) is 4.79 Å². The molecule has 1 amide bonds. The Morgan fingerprint density at radius 3 is 3.00 bits per heavy atom. The van der Waals surface area contributed by atoms with Crippen molar-refractivity contribution in [2.24, 2.45) is 0 Å². The first-order valence-corrected chi connectivity index (χ1v) is 5.05. The highest BCUT2D eigenvalue weighted by atomic mass is 32.1. The van der Waals surface area contributed by atoms with Crippen LogP contribution in [0.4, 0.5) is 11.1 Å². The number of carbonyl (C=O) groups is 1. The third-order valence-corrected chi connectivity index (χ3v) is 2.83. The highest BCUT2D eigenvalue weighted by molar-refractivity contribution is 7.09. The average Bonchev–Trinajstić information content (AvgIpc) is 2.67. The number of aromatic nitrogens is 2. The monoisotopic (exact) mass is 213 g/mol. The number of likely N-dealkylation sites (tertiary alicyclic amines) is 1. The molecular weight excluding hydrogens is 202 g/mol. The second-order valence-electron chi connectivity index (χ2n) is 3.20. The molecule has 0 aliphatic carbocycles.